The van der Waals surface area contributed by atoms with E-state index in [1.54, 1.807) is 0 Å². The molecule has 0 aliphatic carbocycles. The SMILES string of the molecule is CCCCC#Cc1cc(C)ccc1N. The van der Waals surface area contributed by atoms with Gasteiger partial charge in [-0.3, -0.25) is 0 Å². The molecule has 0 aliphatic rings. The molecule has 0 spiro atoms. The molecule has 0 unspecified atom stereocenters. The summed E-state index contributed by atoms with van der Waals surface area (Å²) in [7, 11) is 0. The van der Waals surface area contributed by atoms with Gasteiger partial charge in [-0.2, -0.15) is 0 Å². The summed E-state index contributed by atoms with van der Waals surface area (Å²) in [5.74, 6) is 6.25. The summed E-state index contributed by atoms with van der Waals surface area (Å²) in [5.41, 5.74) is 8.75. The monoisotopic (exact) mass is 187 g/mol. The Morgan fingerprint density at radius 3 is 2.86 bits per heavy atom. The number of unbranched alkanes of at least 4 members (excludes halogenated alkanes) is 2. The second-order valence-electron chi connectivity index (χ2n) is 3.50. The van der Waals surface area contributed by atoms with Gasteiger partial charge in [-0.05, 0) is 31.0 Å². The maximum Gasteiger partial charge on any atom is 0.0477 e. The summed E-state index contributed by atoms with van der Waals surface area (Å²) in [4.78, 5) is 0. The molecule has 0 fully saturated rings. The number of nitrogen functional groups attached to an aromatic ring is 1. The quantitative estimate of drug-likeness (QED) is 0.429. The molecular weight excluding hydrogens is 170 g/mol. The molecule has 0 amide bonds. The highest BCUT2D eigenvalue weighted by atomic mass is 14.5. The van der Waals surface area contributed by atoms with Crippen LogP contribution in [-0.2, 0) is 0 Å². The Balaban J connectivity index is 2.73. The minimum Gasteiger partial charge on any atom is -0.398 e. The summed E-state index contributed by atoms with van der Waals surface area (Å²) >= 11 is 0. The number of hydrogen-bond donors (Lipinski definition) is 1. The first kappa shape index (κ1) is 10.7. The second-order valence-corrected chi connectivity index (χ2v) is 3.50. The van der Waals surface area contributed by atoms with Crippen LogP contribution < -0.4 is 5.73 Å². The molecule has 1 rings (SSSR count). The summed E-state index contributed by atoms with van der Waals surface area (Å²) in [6.45, 7) is 4.22. The minimum absolute atomic E-state index is 0.777. The number of benzene rings is 1. The Morgan fingerprint density at radius 2 is 2.14 bits per heavy atom. The van der Waals surface area contributed by atoms with E-state index in [4.69, 9.17) is 5.73 Å². The molecule has 0 atom stereocenters. The topological polar surface area (TPSA) is 26.0 Å². The van der Waals surface area contributed by atoms with Crippen molar-refractivity contribution in [1.82, 2.24) is 0 Å². The molecule has 1 aromatic carbocycles. The Kier molecular flexibility index (Phi) is 4.07. The third-order valence-corrected chi connectivity index (χ3v) is 2.09. The predicted molar refractivity (Wildman–Crippen MR) is 62.0 cm³/mol. The third-order valence-electron chi connectivity index (χ3n) is 2.09. The number of aryl methyl sites for hydroxylation is 1. The first-order valence-corrected chi connectivity index (χ1v) is 5.09. The molecule has 2 N–H and O–H groups in total. The van der Waals surface area contributed by atoms with Gasteiger partial charge < -0.3 is 5.73 Å². The molecule has 0 saturated carbocycles. The van der Waals surface area contributed by atoms with Crippen LogP contribution in [0.15, 0.2) is 18.2 Å². The van der Waals surface area contributed by atoms with Crippen LogP contribution in [-0.4, -0.2) is 0 Å². The molecule has 0 heterocycles. The van der Waals surface area contributed by atoms with E-state index in [0.29, 0.717) is 0 Å². The van der Waals surface area contributed by atoms with Crippen LogP contribution in [0.4, 0.5) is 5.69 Å². The van der Waals surface area contributed by atoms with E-state index < -0.39 is 0 Å². The van der Waals surface area contributed by atoms with Gasteiger partial charge in [-0.15, -0.1) is 0 Å². The van der Waals surface area contributed by atoms with Gasteiger partial charge in [0.25, 0.3) is 0 Å². The Hall–Kier alpha value is -1.42. The van der Waals surface area contributed by atoms with E-state index in [9.17, 15) is 0 Å². The van der Waals surface area contributed by atoms with Gasteiger partial charge in [0.15, 0.2) is 0 Å². The van der Waals surface area contributed by atoms with Gasteiger partial charge in [0.05, 0.1) is 0 Å². The molecule has 0 aliphatic heterocycles. The van der Waals surface area contributed by atoms with Crippen molar-refractivity contribution in [3.8, 4) is 11.8 Å². The lowest BCUT2D eigenvalue weighted by molar-refractivity contribution is 0.828. The summed E-state index contributed by atoms with van der Waals surface area (Å²) in [5, 5.41) is 0. The van der Waals surface area contributed by atoms with Crippen LogP contribution in [0.5, 0.6) is 0 Å². The van der Waals surface area contributed by atoms with E-state index in [-0.39, 0.29) is 0 Å². The largest absolute Gasteiger partial charge is 0.398 e. The molecule has 1 heteroatoms. The molecular formula is C13H17N. The predicted octanol–water partition coefficient (Wildman–Crippen LogP) is 3.12. The van der Waals surface area contributed by atoms with Crippen molar-refractivity contribution in [3.63, 3.8) is 0 Å². The fourth-order valence-electron chi connectivity index (χ4n) is 1.20. The van der Waals surface area contributed by atoms with Crippen LogP contribution in [0.2, 0.25) is 0 Å². The van der Waals surface area contributed by atoms with Crippen molar-refractivity contribution in [2.24, 2.45) is 0 Å². The number of nitrogens with two attached hydrogens (primary N) is 1. The lowest BCUT2D eigenvalue weighted by Gasteiger charge is -1.98. The van der Waals surface area contributed by atoms with Crippen LogP contribution in [0.3, 0.4) is 0 Å². The summed E-state index contributed by atoms with van der Waals surface area (Å²) in [6.07, 6.45) is 3.32. The van der Waals surface area contributed by atoms with Gasteiger partial charge in [-0.1, -0.05) is 31.3 Å². The van der Waals surface area contributed by atoms with E-state index in [0.717, 1.165) is 17.7 Å². The Bertz CT molecular complexity index is 355. The number of rotatable bonds is 2. The van der Waals surface area contributed by atoms with Crippen molar-refractivity contribution in [2.75, 3.05) is 5.73 Å². The van der Waals surface area contributed by atoms with Crippen molar-refractivity contribution in [1.29, 1.82) is 0 Å². The maximum absolute atomic E-state index is 5.80. The van der Waals surface area contributed by atoms with Gasteiger partial charge in [0.2, 0.25) is 0 Å². The van der Waals surface area contributed by atoms with E-state index in [1.807, 2.05) is 18.2 Å². The minimum atomic E-state index is 0.777. The van der Waals surface area contributed by atoms with Crippen molar-refractivity contribution in [3.05, 3.63) is 29.3 Å². The fourth-order valence-corrected chi connectivity index (χ4v) is 1.20. The number of hydrogen-bond acceptors (Lipinski definition) is 1. The smallest absolute Gasteiger partial charge is 0.0477 e. The average molecular weight is 187 g/mol. The zero-order valence-electron chi connectivity index (χ0n) is 8.93. The second kappa shape index (κ2) is 5.34. The zero-order valence-corrected chi connectivity index (χ0v) is 8.93. The molecule has 1 aromatic rings. The van der Waals surface area contributed by atoms with Crippen LogP contribution in [0.1, 0.15) is 37.3 Å². The molecule has 0 aromatic heterocycles. The molecule has 74 valence electrons. The normalized spacial score (nSPS) is 9.29. The highest BCUT2D eigenvalue weighted by molar-refractivity contribution is 5.56. The van der Waals surface area contributed by atoms with E-state index in [2.05, 4.69) is 25.7 Å². The summed E-state index contributed by atoms with van der Waals surface area (Å²) in [6, 6.07) is 5.96. The molecule has 0 bridgehead atoms. The third kappa shape index (κ3) is 3.14. The average Bonchev–Trinajstić information content (AvgIpc) is 2.18. The highest BCUT2D eigenvalue weighted by Gasteiger charge is 1.94. The van der Waals surface area contributed by atoms with Crippen LogP contribution >= 0.6 is 0 Å². The van der Waals surface area contributed by atoms with Gasteiger partial charge >= 0.3 is 0 Å². The fraction of sp³-hybridized carbons (Fsp3) is 0.385. The van der Waals surface area contributed by atoms with Crippen LogP contribution in [0, 0.1) is 18.8 Å². The summed E-state index contributed by atoms with van der Waals surface area (Å²) < 4.78 is 0. The van der Waals surface area contributed by atoms with Crippen molar-refractivity contribution >= 4 is 5.69 Å². The molecule has 0 radical (unpaired) electrons. The highest BCUT2D eigenvalue weighted by Crippen LogP contribution is 2.12. The molecule has 0 saturated heterocycles. The Labute approximate surface area is 86.3 Å². The van der Waals surface area contributed by atoms with E-state index >= 15 is 0 Å². The lowest BCUT2D eigenvalue weighted by Crippen LogP contribution is -1.90. The van der Waals surface area contributed by atoms with Crippen molar-refractivity contribution in [2.45, 2.75) is 33.1 Å². The Morgan fingerprint density at radius 1 is 1.36 bits per heavy atom. The van der Waals surface area contributed by atoms with Gasteiger partial charge in [0, 0.05) is 17.7 Å². The van der Waals surface area contributed by atoms with Gasteiger partial charge in [0.1, 0.15) is 0 Å². The standard InChI is InChI=1S/C13H17N/c1-3-4-5-6-7-12-10-11(2)8-9-13(12)14/h8-10H,3-5,14H2,1-2H3. The van der Waals surface area contributed by atoms with E-state index in [1.165, 1.54) is 18.4 Å². The number of anilines is 1. The first-order valence-electron chi connectivity index (χ1n) is 5.09. The first-order chi connectivity index (χ1) is 6.74. The maximum atomic E-state index is 5.80. The lowest BCUT2D eigenvalue weighted by atomic mass is 10.1. The zero-order chi connectivity index (χ0) is 10.4. The molecule has 1 nitrogen and oxygen atoms in total. The van der Waals surface area contributed by atoms with Gasteiger partial charge in [-0.25, -0.2) is 0 Å². The molecule has 14 heavy (non-hydrogen) atoms. The van der Waals surface area contributed by atoms with Crippen LogP contribution in [0.25, 0.3) is 0 Å². The van der Waals surface area contributed by atoms with Crippen molar-refractivity contribution < 1.29 is 0 Å².